The molecule has 0 aliphatic carbocycles. The molecule has 9 nitrogen and oxygen atoms in total. The number of nitrogens with zero attached hydrogens (tertiary/aromatic N) is 3. The Bertz CT molecular complexity index is 1640. The minimum Gasteiger partial charge on any atom is -0.384 e. The number of Topliss-reactive ketones (excluding diaryl/α,β-unsaturated/α-hetero) is 1. The van der Waals surface area contributed by atoms with E-state index in [1.807, 2.05) is 0 Å². The maximum Gasteiger partial charge on any atom is 0.329 e. The molecule has 0 saturated carbocycles. The molecule has 0 aliphatic heterocycles. The maximum absolute atomic E-state index is 14.6. The van der Waals surface area contributed by atoms with E-state index in [2.05, 4.69) is 9.97 Å². The van der Waals surface area contributed by atoms with Gasteiger partial charge in [0, 0.05) is 12.6 Å². The highest BCUT2D eigenvalue weighted by atomic mass is 32.2. The van der Waals surface area contributed by atoms with Crippen LogP contribution in [0.2, 0.25) is 0 Å². The lowest BCUT2D eigenvalue weighted by Gasteiger charge is -2.14. The number of nitrogen functional groups attached to an aromatic ring is 1. The highest BCUT2D eigenvalue weighted by Gasteiger charge is 2.22. The van der Waals surface area contributed by atoms with Gasteiger partial charge in [-0.25, -0.2) is 18.6 Å². The van der Waals surface area contributed by atoms with Crippen molar-refractivity contribution in [2.24, 2.45) is 0 Å². The van der Waals surface area contributed by atoms with Crippen molar-refractivity contribution in [3.05, 3.63) is 90.9 Å². The number of thioether (sulfide) groups is 1. The zero-order valence-corrected chi connectivity index (χ0v) is 19.2. The molecule has 0 bridgehead atoms. The number of carbonyl (C=O) groups is 1. The lowest BCUT2D eigenvalue weighted by molar-refractivity contribution is 0.102. The predicted octanol–water partition coefficient (Wildman–Crippen LogP) is 2.48. The number of aromatic nitrogens is 4. The summed E-state index contributed by atoms with van der Waals surface area (Å²) in [5, 5.41) is 0.142. The highest BCUT2D eigenvalue weighted by Crippen LogP contribution is 2.24. The summed E-state index contributed by atoms with van der Waals surface area (Å²) in [5.74, 6) is -3.20. The number of hydrogen-bond acceptors (Lipinski definition) is 7. The number of halogens is 2. The first-order chi connectivity index (χ1) is 16.7. The lowest BCUT2D eigenvalue weighted by Crippen LogP contribution is -2.36. The van der Waals surface area contributed by atoms with E-state index in [-0.39, 0.29) is 28.6 Å². The molecule has 0 unspecified atom stereocenters. The maximum atomic E-state index is 14.6. The number of nitrogens with one attached hydrogen (secondary N) is 1. The van der Waals surface area contributed by atoms with Gasteiger partial charge in [0.2, 0.25) is 0 Å². The average Bonchev–Trinajstić information content (AvgIpc) is 2.81. The van der Waals surface area contributed by atoms with Gasteiger partial charge in [-0.1, -0.05) is 30.8 Å². The summed E-state index contributed by atoms with van der Waals surface area (Å²) < 4.78 is 30.2. The van der Waals surface area contributed by atoms with Crippen molar-refractivity contribution in [2.45, 2.75) is 25.0 Å². The minimum atomic E-state index is -0.996. The molecule has 12 heteroatoms. The van der Waals surface area contributed by atoms with Gasteiger partial charge in [-0.15, -0.1) is 0 Å². The van der Waals surface area contributed by atoms with E-state index in [1.54, 1.807) is 25.1 Å². The Labute approximate surface area is 200 Å². The summed E-state index contributed by atoms with van der Waals surface area (Å²) in [7, 11) is 0. The zero-order chi connectivity index (χ0) is 25.3. The molecular formula is C23H19F2N5O4S. The number of H-pyrrole nitrogens is 1. The number of rotatable bonds is 7. The van der Waals surface area contributed by atoms with Crippen molar-refractivity contribution < 1.29 is 13.6 Å². The Morgan fingerprint density at radius 2 is 1.89 bits per heavy atom. The molecule has 35 heavy (non-hydrogen) atoms. The third-order valence-corrected chi connectivity index (χ3v) is 6.13. The fourth-order valence-corrected chi connectivity index (χ4v) is 4.47. The molecule has 4 aromatic rings. The van der Waals surface area contributed by atoms with Gasteiger partial charge in [0.25, 0.3) is 11.1 Å². The number of nitrogens with two attached hydrogens (primary N) is 1. The first-order valence-corrected chi connectivity index (χ1v) is 11.5. The molecule has 0 aliphatic rings. The summed E-state index contributed by atoms with van der Waals surface area (Å²) >= 11 is 0.774. The second-order valence-corrected chi connectivity index (χ2v) is 8.47. The van der Waals surface area contributed by atoms with E-state index in [0.29, 0.717) is 18.0 Å². The van der Waals surface area contributed by atoms with Crippen LogP contribution in [0.5, 0.6) is 0 Å². The number of para-hydroxylation sites is 1. The zero-order valence-electron chi connectivity index (χ0n) is 18.4. The Balaban J connectivity index is 1.80. The lowest BCUT2D eigenvalue weighted by atomic mass is 10.2. The Morgan fingerprint density at radius 3 is 2.60 bits per heavy atom. The van der Waals surface area contributed by atoms with Crippen molar-refractivity contribution in [2.75, 3.05) is 11.5 Å². The van der Waals surface area contributed by atoms with Gasteiger partial charge < -0.3 is 5.73 Å². The van der Waals surface area contributed by atoms with E-state index in [1.165, 1.54) is 6.07 Å². The standard InChI is InChI=1S/C23H19F2N5O4S/c1-2-9-29-19(26)18(20(32)28-22(29)34)17(31)11-35-23-27-15-6-4-3-5-13(15)21(33)30(23)16-8-7-12(24)10-14(16)25/h3-8,10H,2,9,11,26H2,1H3,(H,28,32,34). The smallest absolute Gasteiger partial charge is 0.329 e. The number of anilines is 1. The van der Waals surface area contributed by atoms with E-state index in [9.17, 15) is 28.0 Å². The summed E-state index contributed by atoms with van der Waals surface area (Å²) in [4.78, 5) is 57.0. The van der Waals surface area contributed by atoms with Gasteiger partial charge in [0.05, 0.1) is 22.3 Å². The number of benzene rings is 2. The number of aromatic amines is 1. The minimum absolute atomic E-state index is 0.0514. The van der Waals surface area contributed by atoms with Gasteiger partial charge in [0.15, 0.2) is 10.9 Å². The van der Waals surface area contributed by atoms with Crippen molar-refractivity contribution in [1.29, 1.82) is 0 Å². The van der Waals surface area contributed by atoms with Crippen LogP contribution in [0.25, 0.3) is 16.6 Å². The van der Waals surface area contributed by atoms with Gasteiger partial charge in [-0.2, -0.15) is 0 Å². The molecule has 0 saturated heterocycles. The molecule has 0 fully saturated rings. The SMILES string of the molecule is CCCn1c(N)c(C(=O)CSc2nc3ccccc3c(=O)n2-c2ccc(F)cc2F)c(=O)[nH]c1=O. The van der Waals surface area contributed by atoms with Crippen molar-refractivity contribution in [1.82, 2.24) is 19.1 Å². The number of fused-ring (bicyclic) bond motifs is 1. The average molecular weight is 499 g/mol. The van der Waals surface area contributed by atoms with Crippen LogP contribution in [0.1, 0.15) is 23.7 Å². The van der Waals surface area contributed by atoms with Gasteiger partial charge in [-0.3, -0.25) is 28.5 Å². The van der Waals surface area contributed by atoms with Crippen molar-refractivity contribution in [3.63, 3.8) is 0 Å². The Kier molecular flexibility index (Phi) is 6.65. The van der Waals surface area contributed by atoms with Gasteiger partial charge in [-0.05, 0) is 30.7 Å². The number of hydrogen-bond donors (Lipinski definition) is 2. The van der Waals surface area contributed by atoms with Crippen LogP contribution < -0.4 is 22.5 Å². The topological polar surface area (TPSA) is 133 Å². The molecular weight excluding hydrogens is 480 g/mol. The summed E-state index contributed by atoms with van der Waals surface area (Å²) in [6.45, 7) is 2.00. The molecule has 180 valence electrons. The fraction of sp³-hybridized carbons (Fsp3) is 0.174. The third-order valence-electron chi connectivity index (χ3n) is 5.19. The third kappa shape index (κ3) is 4.52. The van der Waals surface area contributed by atoms with Crippen LogP contribution in [0, 0.1) is 11.6 Å². The molecule has 0 radical (unpaired) electrons. The van der Waals surface area contributed by atoms with Crippen molar-refractivity contribution in [3.8, 4) is 5.69 Å². The van der Waals surface area contributed by atoms with Crippen LogP contribution in [-0.2, 0) is 6.54 Å². The van der Waals surface area contributed by atoms with Crippen LogP contribution in [-0.4, -0.2) is 30.6 Å². The molecule has 0 amide bonds. The highest BCUT2D eigenvalue weighted by molar-refractivity contribution is 7.99. The van der Waals surface area contributed by atoms with E-state index in [0.717, 1.165) is 33.0 Å². The monoisotopic (exact) mass is 499 g/mol. The predicted molar refractivity (Wildman–Crippen MR) is 128 cm³/mol. The van der Waals surface area contributed by atoms with E-state index in [4.69, 9.17) is 5.73 Å². The molecule has 2 heterocycles. The molecule has 2 aromatic heterocycles. The Hall–Kier alpha value is -4.06. The number of ketones is 1. The van der Waals surface area contributed by atoms with Crippen molar-refractivity contribution >= 4 is 34.3 Å². The largest absolute Gasteiger partial charge is 0.384 e. The molecule has 0 spiro atoms. The normalized spacial score (nSPS) is 11.2. The first kappa shape index (κ1) is 24.1. The van der Waals surface area contributed by atoms with Crippen LogP contribution in [0.3, 0.4) is 0 Å². The van der Waals surface area contributed by atoms with E-state index < -0.39 is 45.5 Å². The Morgan fingerprint density at radius 1 is 1.14 bits per heavy atom. The number of carbonyl (C=O) groups excluding carboxylic acids is 1. The van der Waals surface area contributed by atoms with Crippen LogP contribution in [0.15, 0.2) is 62.0 Å². The van der Waals surface area contributed by atoms with Crippen LogP contribution in [0.4, 0.5) is 14.6 Å². The first-order valence-electron chi connectivity index (χ1n) is 10.5. The van der Waals surface area contributed by atoms with Crippen LogP contribution >= 0.6 is 11.8 Å². The van der Waals surface area contributed by atoms with E-state index >= 15 is 0 Å². The second kappa shape index (κ2) is 9.66. The molecule has 0 atom stereocenters. The summed E-state index contributed by atoms with van der Waals surface area (Å²) in [6, 6.07) is 9.10. The van der Waals surface area contributed by atoms with Gasteiger partial charge >= 0.3 is 5.69 Å². The summed E-state index contributed by atoms with van der Waals surface area (Å²) in [6.07, 6.45) is 0.537. The fourth-order valence-electron chi connectivity index (χ4n) is 3.59. The molecule has 3 N–H and O–H groups in total. The van der Waals surface area contributed by atoms with Gasteiger partial charge in [0.1, 0.15) is 23.0 Å². The quantitative estimate of drug-likeness (QED) is 0.227. The molecule has 4 rings (SSSR count). The summed E-state index contributed by atoms with van der Waals surface area (Å²) in [5.41, 5.74) is 3.33. The molecule has 2 aromatic carbocycles. The second-order valence-electron chi connectivity index (χ2n) is 7.53.